The van der Waals surface area contributed by atoms with E-state index in [2.05, 4.69) is 25.6 Å². The number of aromatic nitrogens is 2. The van der Waals surface area contributed by atoms with E-state index in [9.17, 15) is 14.4 Å². The maximum Gasteiger partial charge on any atom is 0.337 e. The summed E-state index contributed by atoms with van der Waals surface area (Å²) in [6.07, 6.45) is 1.13. The van der Waals surface area contributed by atoms with Gasteiger partial charge in [0.1, 0.15) is 0 Å². The van der Waals surface area contributed by atoms with Crippen molar-refractivity contribution in [2.24, 2.45) is 16.6 Å². The smallest absolute Gasteiger partial charge is 0.337 e. The summed E-state index contributed by atoms with van der Waals surface area (Å²) in [6, 6.07) is 6.18. The van der Waals surface area contributed by atoms with E-state index >= 15 is 0 Å². The first-order valence-corrected chi connectivity index (χ1v) is 11.9. The molecule has 1 aliphatic rings. The SMILES string of the molecule is COC(=O)c1cc(NC(=S)/N=C(/Nc2nc(C)cc(C)n2)N2CCC(C(N)=O)CC2)cc(C(=O)OC)c1. The Balaban J connectivity index is 1.90. The maximum absolute atomic E-state index is 12.1. The Morgan fingerprint density at radius 1 is 0.973 bits per heavy atom. The summed E-state index contributed by atoms with van der Waals surface area (Å²) in [5.41, 5.74) is 7.64. The van der Waals surface area contributed by atoms with Crippen LogP contribution in [0.25, 0.3) is 0 Å². The standard InChI is InChI=1S/C24H29N7O5S/c1-13-9-14(2)27-22(26-13)29-23(31-7-5-15(6-8-31)19(25)32)30-24(37)28-18-11-16(20(33)35-3)10-17(12-18)21(34)36-4/h9-12,15H,5-8H2,1-4H3,(H2,25,32)(H2,26,27,28,29,30,37). The molecule has 0 radical (unpaired) electrons. The van der Waals surface area contributed by atoms with E-state index in [0.29, 0.717) is 43.5 Å². The molecule has 1 amide bonds. The molecule has 0 spiro atoms. The van der Waals surface area contributed by atoms with E-state index in [0.717, 1.165) is 11.4 Å². The highest BCUT2D eigenvalue weighted by Crippen LogP contribution is 2.20. The van der Waals surface area contributed by atoms with Crippen LogP contribution >= 0.6 is 12.2 Å². The maximum atomic E-state index is 12.1. The number of esters is 2. The Bertz CT molecular complexity index is 1190. The van der Waals surface area contributed by atoms with E-state index in [1.165, 1.54) is 32.4 Å². The van der Waals surface area contributed by atoms with Gasteiger partial charge in [-0.15, -0.1) is 0 Å². The fourth-order valence-corrected chi connectivity index (χ4v) is 4.06. The Labute approximate surface area is 219 Å². The third-order valence-electron chi connectivity index (χ3n) is 5.64. The Morgan fingerprint density at radius 3 is 2.00 bits per heavy atom. The molecular formula is C24H29N7O5S. The van der Waals surface area contributed by atoms with Crippen LogP contribution in [0.5, 0.6) is 0 Å². The fraction of sp³-hybridized carbons (Fsp3) is 0.375. The number of amides is 1. The molecule has 1 saturated heterocycles. The van der Waals surface area contributed by atoms with E-state index in [1.807, 2.05) is 24.8 Å². The van der Waals surface area contributed by atoms with Crippen LogP contribution in [0.15, 0.2) is 29.3 Å². The first-order chi connectivity index (χ1) is 17.6. The number of piperidine rings is 1. The molecule has 0 bridgehead atoms. The van der Waals surface area contributed by atoms with E-state index in [-0.39, 0.29) is 28.1 Å². The van der Waals surface area contributed by atoms with Crippen molar-refractivity contribution < 1.29 is 23.9 Å². The lowest BCUT2D eigenvalue weighted by Gasteiger charge is -2.32. The van der Waals surface area contributed by atoms with Gasteiger partial charge in [0, 0.05) is 36.1 Å². The number of aryl methyl sites for hydroxylation is 2. The second-order valence-electron chi connectivity index (χ2n) is 8.41. The van der Waals surface area contributed by atoms with E-state index < -0.39 is 11.9 Å². The molecule has 4 N–H and O–H groups in total. The first kappa shape index (κ1) is 27.5. The molecule has 3 rings (SSSR count). The molecule has 1 aromatic heterocycles. The van der Waals surface area contributed by atoms with Crippen molar-refractivity contribution in [3.05, 3.63) is 46.8 Å². The zero-order valence-electron chi connectivity index (χ0n) is 21.0. The average Bonchev–Trinajstić information content (AvgIpc) is 2.86. The third kappa shape index (κ3) is 7.43. The number of hydrogen-bond acceptors (Lipinski definition) is 8. The molecule has 1 fully saturated rings. The number of nitrogens with two attached hydrogens (primary N) is 1. The van der Waals surface area contributed by atoms with Crippen molar-refractivity contribution in [1.29, 1.82) is 0 Å². The molecular weight excluding hydrogens is 498 g/mol. The first-order valence-electron chi connectivity index (χ1n) is 11.4. The molecule has 1 aromatic carbocycles. The van der Waals surface area contributed by atoms with Crippen molar-refractivity contribution in [2.75, 3.05) is 37.9 Å². The van der Waals surface area contributed by atoms with Crippen LogP contribution in [0.3, 0.4) is 0 Å². The molecule has 0 unspecified atom stereocenters. The number of likely N-dealkylation sites (tertiary alicyclic amines) is 1. The normalized spacial score (nSPS) is 14.1. The number of nitrogens with zero attached hydrogens (tertiary/aromatic N) is 4. The predicted octanol–water partition coefficient (Wildman–Crippen LogP) is 2.03. The molecule has 0 atom stereocenters. The quantitative estimate of drug-likeness (QED) is 0.226. The average molecular weight is 528 g/mol. The highest BCUT2D eigenvalue weighted by atomic mass is 32.1. The molecule has 196 valence electrons. The number of ether oxygens (including phenoxy) is 2. The number of aliphatic imine (C=N–C) groups is 1. The van der Waals surface area contributed by atoms with Crippen LogP contribution in [-0.4, -0.2) is 71.1 Å². The number of hydrogen-bond donors (Lipinski definition) is 3. The number of thiocarbonyl (C=S) groups is 1. The van der Waals surface area contributed by atoms with Gasteiger partial charge in [-0.2, -0.15) is 4.99 Å². The van der Waals surface area contributed by atoms with Crippen molar-refractivity contribution >= 4 is 52.8 Å². The molecule has 2 aromatic rings. The highest BCUT2D eigenvalue weighted by Gasteiger charge is 2.26. The van der Waals surface area contributed by atoms with Gasteiger partial charge in [-0.25, -0.2) is 19.6 Å². The summed E-state index contributed by atoms with van der Waals surface area (Å²) >= 11 is 5.48. The van der Waals surface area contributed by atoms with Gasteiger partial charge in [0.05, 0.1) is 25.3 Å². The minimum Gasteiger partial charge on any atom is -0.465 e. The van der Waals surface area contributed by atoms with E-state index in [4.69, 9.17) is 27.4 Å². The fourth-order valence-electron chi connectivity index (χ4n) is 3.85. The Kier molecular flexibility index (Phi) is 9.06. The summed E-state index contributed by atoms with van der Waals surface area (Å²) in [5.74, 6) is -1.07. The van der Waals surface area contributed by atoms with Crippen LogP contribution in [0.4, 0.5) is 11.6 Å². The second-order valence-corrected chi connectivity index (χ2v) is 8.80. The summed E-state index contributed by atoms with van der Waals surface area (Å²) in [6.45, 7) is 4.73. The Morgan fingerprint density at radius 2 is 1.51 bits per heavy atom. The zero-order chi connectivity index (χ0) is 27.1. The molecule has 13 heteroatoms. The second kappa shape index (κ2) is 12.2. The third-order valence-corrected chi connectivity index (χ3v) is 5.83. The lowest BCUT2D eigenvalue weighted by molar-refractivity contribution is -0.122. The van der Waals surface area contributed by atoms with Gasteiger partial charge >= 0.3 is 11.9 Å². The predicted molar refractivity (Wildman–Crippen MR) is 141 cm³/mol. The van der Waals surface area contributed by atoms with Gasteiger partial charge in [-0.3, -0.25) is 10.1 Å². The van der Waals surface area contributed by atoms with Gasteiger partial charge in [0.2, 0.25) is 22.9 Å². The largest absolute Gasteiger partial charge is 0.465 e. The van der Waals surface area contributed by atoms with Crippen LogP contribution in [0.2, 0.25) is 0 Å². The topological polar surface area (TPSA) is 161 Å². The lowest BCUT2D eigenvalue weighted by Crippen LogP contribution is -2.45. The van der Waals surface area contributed by atoms with Crippen LogP contribution in [0, 0.1) is 19.8 Å². The van der Waals surface area contributed by atoms with Gasteiger partial charge in [0.15, 0.2) is 0 Å². The van der Waals surface area contributed by atoms with Crippen LogP contribution in [-0.2, 0) is 14.3 Å². The number of carbonyl (C=O) groups is 3. The number of rotatable bonds is 5. The minimum atomic E-state index is -0.630. The molecule has 12 nitrogen and oxygen atoms in total. The molecule has 0 saturated carbocycles. The zero-order valence-corrected chi connectivity index (χ0v) is 21.8. The Hall–Kier alpha value is -4.13. The van der Waals surface area contributed by atoms with Crippen LogP contribution < -0.4 is 16.4 Å². The van der Waals surface area contributed by atoms with Crippen molar-refractivity contribution in [2.45, 2.75) is 26.7 Å². The van der Waals surface area contributed by atoms with Gasteiger partial charge in [-0.05, 0) is 63.2 Å². The summed E-state index contributed by atoms with van der Waals surface area (Å²) in [5, 5.41) is 6.11. The number of methoxy groups -OCH3 is 2. The van der Waals surface area contributed by atoms with Gasteiger partial charge < -0.3 is 25.4 Å². The number of nitrogens with one attached hydrogen (secondary N) is 2. The number of guanidine groups is 1. The number of carbonyl (C=O) groups excluding carboxylic acids is 3. The summed E-state index contributed by atoms with van der Waals surface area (Å²) < 4.78 is 9.55. The minimum absolute atomic E-state index is 0.0433. The number of benzene rings is 1. The molecule has 1 aliphatic heterocycles. The molecule has 2 heterocycles. The lowest BCUT2D eigenvalue weighted by atomic mass is 9.96. The van der Waals surface area contributed by atoms with Crippen molar-refractivity contribution in [3.63, 3.8) is 0 Å². The van der Waals surface area contributed by atoms with E-state index in [1.54, 1.807) is 0 Å². The van der Waals surface area contributed by atoms with Gasteiger partial charge in [0.25, 0.3) is 0 Å². The highest BCUT2D eigenvalue weighted by molar-refractivity contribution is 7.80. The van der Waals surface area contributed by atoms with Crippen LogP contribution in [0.1, 0.15) is 44.9 Å². The molecule has 37 heavy (non-hydrogen) atoms. The number of anilines is 2. The molecule has 0 aliphatic carbocycles. The summed E-state index contributed by atoms with van der Waals surface area (Å²) in [4.78, 5) is 51.1. The van der Waals surface area contributed by atoms with Crippen molar-refractivity contribution in [1.82, 2.24) is 14.9 Å². The van der Waals surface area contributed by atoms with Crippen molar-refractivity contribution in [3.8, 4) is 0 Å². The number of primary amides is 1. The van der Waals surface area contributed by atoms with Gasteiger partial charge in [-0.1, -0.05) is 0 Å². The summed E-state index contributed by atoms with van der Waals surface area (Å²) in [7, 11) is 2.48. The monoisotopic (exact) mass is 527 g/mol.